The molecule has 4 rings (SSSR count). The van der Waals surface area contributed by atoms with Crippen LogP contribution in [0.15, 0.2) is 9.95 Å². The van der Waals surface area contributed by atoms with Crippen molar-refractivity contribution in [2.24, 2.45) is 0 Å². The van der Waals surface area contributed by atoms with Crippen molar-refractivity contribution in [1.82, 2.24) is 9.55 Å². The van der Waals surface area contributed by atoms with Crippen molar-refractivity contribution in [3.05, 3.63) is 20.8 Å². The van der Waals surface area contributed by atoms with Crippen molar-refractivity contribution >= 4 is 33.3 Å². The molecule has 2 aromatic heterocycles. The van der Waals surface area contributed by atoms with Gasteiger partial charge in [-0.3, -0.25) is 9.36 Å². The Morgan fingerprint density at radius 3 is 3.09 bits per heavy atom. The largest absolute Gasteiger partial charge is 0.377 e. The van der Waals surface area contributed by atoms with Crippen LogP contribution in [-0.4, -0.2) is 28.0 Å². The molecule has 0 radical (unpaired) electrons. The molecule has 6 heteroatoms. The summed E-state index contributed by atoms with van der Waals surface area (Å²) in [5, 5.41) is 1.78. The second-order valence-electron chi connectivity index (χ2n) is 6.33. The fraction of sp³-hybridized carbons (Fsp3) is 0.647. The Balaban J connectivity index is 1.73. The van der Waals surface area contributed by atoms with Crippen LogP contribution in [0.25, 0.3) is 10.2 Å². The summed E-state index contributed by atoms with van der Waals surface area (Å²) in [5.74, 6) is 0.896. The quantitative estimate of drug-likeness (QED) is 0.610. The van der Waals surface area contributed by atoms with E-state index in [1.807, 2.05) is 4.57 Å². The van der Waals surface area contributed by atoms with Gasteiger partial charge in [-0.1, -0.05) is 18.7 Å². The van der Waals surface area contributed by atoms with E-state index < -0.39 is 0 Å². The van der Waals surface area contributed by atoms with Gasteiger partial charge >= 0.3 is 0 Å². The summed E-state index contributed by atoms with van der Waals surface area (Å²) in [7, 11) is 0. The van der Waals surface area contributed by atoms with Crippen LogP contribution < -0.4 is 5.56 Å². The number of hydrogen-bond acceptors (Lipinski definition) is 5. The summed E-state index contributed by atoms with van der Waals surface area (Å²) >= 11 is 3.42. The maximum Gasteiger partial charge on any atom is 0.263 e. The van der Waals surface area contributed by atoms with Crippen LogP contribution in [0.5, 0.6) is 0 Å². The number of nitrogens with zero attached hydrogens (tertiary/aromatic N) is 2. The highest BCUT2D eigenvalue weighted by molar-refractivity contribution is 7.99. The van der Waals surface area contributed by atoms with E-state index in [4.69, 9.17) is 9.72 Å². The smallest absolute Gasteiger partial charge is 0.263 e. The average Bonchev–Trinajstić information content (AvgIpc) is 3.24. The normalized spacial score (nSPS) is 20.5. The van der Waals surface area contributed by atoms with Crippen molar-refractivity contribution < 1.29 is 4.74 Å². The second-order valence-corrected chi connectivity index (χ2v) is 8.41. The van der Waals surface area contributed by atoms with Gasteiger partial charge in [-0.25, -0.2) is 4.98 Å². The van der Waals surface area contributed by atoms with E-state index in [1.54, 1.807) is 23.1 Å². The topological polar surface area (TPSA) is 44.1 Å². The van der Waals surface area contributed by atoms with E-state index in [0.29, 0.717) is 6.10 Å². The third-order valence-electron chi connectivity index (χ3n) is 4.66. The molecule has 1 atom stereocenters. The van der Waals surface area contributed by atoms with Crippen LogP contribution in [0.4, 0.5) is 0 Å². The van der Waals surface area contributed by atoms with E-state index in [0.717, 1.165) is 66.4 Å². The highest BCUT2D eigenvalue weighted by atomic mass is 32.2. The SMILES string of the molecule is CCCn1c(SCC2CCCO2)nc2sc3c(c2c1=O)CCC3. The molecular formula is C17H22N2O2S2. The molecule has 3 heterocycles. The summed E-state index contributed by atoms with van der Waals surface area (Å²) in [6.45, 7) is 3.74. The van der Waals surface area contributed by atoms with Crippen LogP contribution in [0, 0.1) is 0 Å². The zero-order valence-electron chi connectivity index (χ0n) is 13.5. The van der Waals surface area contributed by atoms with Crippen molar-refractivity contribution in [2.45, 2.75) is 63.3 Å². The molecule has 1 unspecified atom stereocenters. The number of fused-ring (bicyclic) bond motifs is 3. The van der Waals surface area contributed by atoms with Crippen molar-refractivity contribution in [2.75, 3.05) is 12.4 Å². The van der Waals surface area contributed by atoms with E-state index in [9.17, 15) is 4.79 Å². The molecule has 2 aliphatic rings. The summed E-state index contributed by atoms with van der Waals surface area (Å²) in [6.07, 6.45) is 6.88. The lowest BCUT2D eigenvalue weighted by molar-refractivity contribution is 0.129. The number of ether oxygens (including phenoxy) is 1. The number of aryl methyl sites for hydroxylation is 2. The Morgan fingerprint density at radius 2 is 2.30 bits per heavy atom. The van der Waals surface area contributed by atoms with Crippen LogP contribution in [0.1, 0.15) is 43.0 Å². The minimum Gasteiger partial charge on any atom is -0.377 e. The maximum atomic E-state index is 13.0. The van der Waals surface area contributed by atoms with Crippen molar-refractivity contribution in [3.63, 3.8) is 0 Å². The third-order valence-corrected chi connectivity index (χ3v) is 6.95. The predicted molar refractivity (Wildman–Crippen MR) is 95.9 cm³/mol. The Hall–Kier alpha value is -0.850. The Labute approximate surface area is 144 Å². The van der Waals surface area contributed by atoms with Crippen molar-refractivity contribution in [1.29, 1.82) is 0 Å². The summed E-state index contributed by atoms with van der Waals surface area (Å²) < 4.78 is 7.60. The van der Waals surface area contributed by atoms with E-state index >= 15 is 0 Å². The monoisotopic (exact) mass is 350 g/mol. The minimum atomic E-state index is 0.172. The molecule has 0 N–H and O–H groups in total. The molecule has 4 nitrogen and oxygen atoms in total. The van der Waals surface area contributed by atoms with Gasteiger partial charge < -0.3 is 4.74 Å². The number of thioether (sulfide) groups is 1. The summed E-state index contributed by atoms with van der Waals surface area (Å²) in [6, 6.07) is 0. The lowest BCUT2D eigenvalue weighted by Crippen LogP contribution is -2.24. The molecule has 1 saturated heterocycles. The van der Waals surface area contributed by atoms with Crippen molar-refractivity contribution in [3.8, 4) is 0 Å². The molecule has 1 aliphatic carbocycles. The fourth-order valence-electron chi connectivity index (χ4n) is 3.53. The molecule has 1 aliphatic heterocycles. The lowest BCUT2D eigenvalue weighted by atomic mass is 10.2. The predicted octanol–water partition coefficient (Wildman–Crippen LogP) is 3.63. The van der Waals surface area contributed by atoms with Gasteiger partial charge in [0.2, 0.25) is 0 Å². The number of aromatic nitrogens is 2. The number of rotatable bonds is 5. The Morgan fingerprint density at radius 1 is 1.39 bits per heavy atom. The van der Waals surface area contributed by atoms with Crippen LogP contribution in [0.3, 0.4) is 0 Å². The summed E-state index contributed by atoms with van der Waals surface area (Å²) in [5.41, 5.74) is 1.45. The molecule has 2 aromatic rings. The average molecular weight is 351 g/mol. The summed E-state index contributed by atoms with van der Waals surface area (Å²) in [4.78, 5) is 20.2. The lowest BCUT2D eigenvalue weighted by Gasteiger charge is -2.13. The first-order valence-corrected chi connectivity index (χ1v) is 10.4. The van der Waals surface area contributed by atoms with E-state index in [-0.39, 0.29) is 5.56 Å². The van der Waals surface area contributed by atoms with Gasteiger partial charge in [0, 0.05) is 23.8 Å². The second kappa shape index (κ2) is 6.57. The first-order chi connectivity index (χ1) is 11.3. The van der Waals surface area contributed by atoms with Gasteiger partial charge in [0.05, 0.1) is 11.5 Å². The van der Waals surface area contributed by atoms with Gasteiger partial charge in [-0.05, 0) is 44.1 Å². The zero-order valence-corrected chi connectivity index (χ0v) is 15.1. The van der Waals surface area contributed by atoms with Crippen LogP contribution in [0.2, 0.25) is 0 Å². The molecule has 0 amide bonds. The fourth-order valence-corrected chi connectivity index (χ4v) is 5.93. The zero-order chi connectivity index (χ0) is 15.8. The third kappa shape index (κ3) is 2.85. The number of thiophene rings is 1. The molecule has 0 aromatic carbocycles. The number of hydrogen-bond donors (Lipinski definition) is 0. The molecule has 1 fully saturated rings. The Kier molecular flexibility index (Phi) is 4.48. The van der Waals surface area contributed by atoms with Gasteiger partial charge in [0.15, 0.2) is 5.16 Å². The minimum absolute atomic E-state index is 0.172. The molecule has 0 saturated carbocycles. The molecule has 0 bridgehead atoms. The maximum absolute atomic E-state index is 13.0. The Bertz CT molecular complexity index is 775. The van der Waals surface area contributed by atoms with Crippen LogP contribution in [-0.2, 0) is 24.1 Å². The molecule has 124 valence electrons. The van der Waals surface area contributed by atoms with E-state index in [1.165, 1.54) is 16.9 Å². The standard InChI is InChI=1S/C17H22N2O2S2/c1-2-8-19-16(20)14-12-6-3-7-13(12)23-15(14)18-17(19)22-10-11-5-4-9-21-11/h11H,2-10H2,1H3. The first-order valence-electron chi connectivity index (χ1n) is 8.57. The first kappa shape index (κ1) is 15.7. The molecular weight excluding hydrogens is 328 g/mol. The molecule has 0 spiro atoms. The van der Waals surface area contributed by atoms with Gasteiger partial charge in [-0.15, -0.1) is 11.3 Å². The van der Waals surface area contributed by atoms with Gasteiger partial charge in [0.25, 0.3) is 5.56 Å². The molecule has 23 heavy (non-hydrogen) atoms. The highest BCUT2D eigenvalue weighted by Crippen LogP contribution is 2.35. The van der Waals surface area contributed by atoms with Crippen LogP contribution >= 0.6 is 23.1 Å². The highest BCUT2D eigenvalue weighted by Gasteiger charge is 2.24. The van der Waals surface area contributed by atoms with E-state index in [2.05, 4.69) is 6.92 Å². The van der Waals surface area contributed by atoms with Gasteiger partial charge in [0.1, 0.15) is 4.83 Å². The van der Waals surface area contributed by atoms with Gasteiger partial charge in [-0.2, -0.15) is 0 Å².